The van der Waals surface area contributed by atoms with Gasteiger partial charge in [-0.1, -0.05) is 0 Å². The van der Waals surface area contributed by atoms with Crippen LogP contribution in [0.25, 0.3) is 0 Å². The minimum Gasteiger partial charge on any atom is -0.381 e. The molecule has 3 unspecified atom stereocenters. The number of hydrogen-bond donors (Lipinski definition) is 1. The number of rotatable bonds is 4. The number of ether oxygens (including phenoxy) is 2. The highest BCUT2D eigenvalue weighted by atomic mass is 16.5. The first-order chi connectivity index (χ1) is 7.79. The third-order valence-corrected chi connectivity index (χ3v) is 4.10. The Morgan fingerprint density at radius 1 is 1.31 bits per heavy atom. The van der Waals surface area contributed by atoms with Crippen molar-refractivity contribution in [2.45, 2.75) is 44.8 Å². The molecule has 0 aromatic heterocycles. The van der Waals surface area contributed by atoms with Crippen molar-refractivity contribution in [1.82, 2.24) is 5.32 Å². The van der Waals surface area contributed by atoms with Gasteiger partial charge in [0.25, 0.3) is 0 Å². The molecule has 2 aliphatic heterocycles. The number of hydrogen-bond acceptors (Lipinski definition) is 3. The molecule has 3 nitrogen and oxygen atoms in total. The fourth-order valence-corrected chi connectivity index (χ4v) is 3.02. The van der Waals surface area contributed by atoms with E-state index in [4.69, 9.17) is 9.47 Å². The van der Waals surface area contributed by atoms with Crippen LogP contribution < -0.4 is 5.32 Å². The quantitative estimate of drug-likeness (QED) is 0.794. The fraction of sp³-hybridized carbons (Fsp3) is 1.00. The van der Waals surface area contributed by atoms with E-state index in [1.807, 2.05) is 0 Å². The maximum Gasteiger partial charge on any atom is 0.0551 e. The monoisotopic (exact) mass is 227 g/mol. The molecule has 16 heavy (non-hydrogen) atoms. The second-order valence-corrected chi connectivity index (χ2v) is 5.33. The lowest BCUT2D eigenvalue weighted by molar-refractivity contribution is 0.0573. The van der Waals surface area contributed by atoms with E-state index >= 15 is 0 Å². The van der Waals surface area contributed by atoms with Gasteiger partial charge in [0, 0.05) is 25.2 Å². The van der Waals surface area contributed by atoms with E-state index in [2.05, 4.69) is 19.3 Å². The van der Waals surface area contributed by atoms with E-state index in [0.717, 1.165) is 25.7 Å². The molecule has 3 atom stereocenters. The van der Waals surface area contributed by atoms with Gasteiger partial charge >= 0.3 is 0 Å². The Hall–Kier alpha value is -0.120. The first kappa shape index (κ1) is 12.3. The summed E-state index contributed by atoms with van der Waals surface area (Å²) in [6.45, 7) is 5.04. The summed E-state index contributed by atoms with van der Waals surface area (Å²) < 4.78 is 11.1. The van der Waals surface area contributed by atoms with Crippen LogP contribution in [0, 0.1) is 11.8 Å². The molecule has 0 spiro atoms. The number of nitrogens with one attached hydrogen (secondary N) is 1. The average molecular weight is 227 g/mol. The van der Waals surface area contributed by atoms with Crippen LogP contribution in [0.15, 0.2) is 0 Å². The lowest BCUT2D eigenvalue weighted by atomic mass is 9.85. The van der Waals surface area contributed by atoms with Crippen molar-refractivity contribution >= 4 is 0 Å². The summed E-state index contributed by atoms with van der Waals surface area (Å²) in [7, 11) is 2.09. The molecule has 0 radical (unpaired) electrons. The molecule has 2 heterocycles. The Bertz CT molecular complexity index is 204. The summed E-state index contributed by atoms with van der Waals surface area (Å²) in [4.78, 5) is 0. The Labute approximate surface area is 98.9 Å². The molecular formula is C13H25NO2. The van der Waals surface area contributed by atoms with Crippen LogP contribution in [-0.2, 0) is 9.47 Å². The lowest BCUT2D eigenvalue weighted by Gasteiger charge is -2.29. The van der Waals surface area contributed by atoms with Crippen LogP contribution in [0.1, 0.15) is 32.6 Å². The van der Waals surface area contributed by atoms with Crippen LogP contribution in [0.4, 0.5) is 0 Å². The molecule has 1 N–H and O–H groups in total. The van der Waals surface area contributed by atoms with Gasteiger partial charge in [-0.2, -0.15) is 0 Å². The van der Waals surface area contributed by atoms with Crippen molar-refractivity contribution in [2.24, 2.45) is 11.8 Å². The van der Waals surface area contributed by atoms with Gasteiger partial charge in [-0.3, -0.25) is 0 Å². The SMILES string of the molecule is CNC(CC1CCOCC1)C1COC(C)C1. The zero-order chi connectivity index (χ0) is 11.4. The standard InChI is InChI=1S/C13H25NO2/c1-10-7-12(9-16-10)13(14-2)8-11-3-5-15-6-4-11/h10-14H,3-9H2,1-2H3. The van der Waals surface area contributed by atoms with Crippen LogP contribution in [0.2, 0.25) is 0 Å². The van der Waals surface area contributed by atoms with Gasteiger partial charge in [0.15, 0.2) is 0 Å². The smallest absolute Gasteiger partial charge is 0.0551 e. The van der Waals surface area contributed by atoms with Crippen LogP contribution in [0.5, 0.6) is 0 Å². The van der Waals surface area contributed by atoms with E-state index in [1.165, 1.54) is 25.7 Å². The highest BCUT2D eigenvalue weighted by Crippen LogP contribution is 2.28. The van der Waals surface area contributed by atoms with Crippen molar-refractivity contribution < 1.29 is 9.47 Å². The second kappa shape index (κ2) is 5.99. The topological polar surface area (TPSA) is 30.5 Å². The van der Waals surface area contributed by atoms with Crippen molar-refractivity contribution in [3.8, 4) is 0 Å². The second-order valence-electron chi connectivity index (χ2n) is 5.33. The third kappa shape index (κ3) is 3.19. The minimum absolute atomic E-state index is 0.454. The van der Waals surface area contributed by atoms with Gasteiger partial charge in [-0.15, -0.1) is 0 Å². The van der Waals surface area contributed by atoms with E-state index in [9.17, 15) is 0 Å². The summed E-state index contributed by atoms with van der Waals surface area (Å²) in [5.41, 5.74) is 0. The summed E-state index contributed by atoms with van der Waals surface area (Å²) in [5.74, 6) is 1.56. The molecule has 0 amide bonds. The Kier molecular flexibility index (Phi) is 4.62. The maximum absolute atomic E-state index is 5.67. The molecule has 0 aromatic carbocycles. The van der Waals surface area contributed by atoms with Gasteiger partial charge in [0.05, 0.1) is 12.7 Å². The first-order valence-corrected chi connectivity index (χ1v) is 6.66. The van der Waals surface area contributed by atoms with Gasteiger partial charge in [-0.25, -0.2) is 0 Å². The van der Waals surface area contributed by atoms with Crippen LogP contribution in [-0.4, -0.2) is 39.0 Å². The molecule has 2 fully saturated rings. The summed E-state index contributed by atoms with van der Waals surface area (Å²) in [6.07, 6.45) is 5.44. The highest BCUT2D eigenvalue weighted by molar-refractivity contribution is 4.83. The summed E-state index contributed by atoms with van der Waals surface area (Å²) in [5, 5.41) is 3.49. The predicted octanol–water partition coefficient (Wildman–Crippen LogP) is 1.82. The van der Waals surface area contributed by atoms with Crippen molar-refractivity contribution in [3.63, 3.8) is 0 Å². The Morgan fingerprint density at radius 2 is 2.06 bits per heavy atom. The molecule has 3 heteroatoms. The molecule has 2 aliphatic rings. The van der Waals surface area contributed by atoms with Crippen molar-refractivity contribution in [1.29, 1.82) is 0 Å². The summed E-state index contributed by atoms with van der Waals surface area (Å²) in [6, 6.07) is 0.632. The van der Waals surface area contributed by atoms with Gasteiger partial charge in [0.1, 0.15) is 0 Å². The largest absolute Gasteiger partial charge is 0.381 e. The molecule has 0 saturated carbocycles. The van der Waals surface area contributed by atoms with E-state index in [1.54, 1.807) is 0 Å². The van der Waals surface area contributed by atoms with Crippen molar-refractivity contribution in [2.75, 3.05) is 26.9 Å². The Morgan fingerprint density at radius 3 is 2.62 bits per heavy atom. The fourth-order valence-electron chi connectivity index (χ4n) is 3.02. The Balaban J connectivity index is 1.80. The van der Waals surface area contributed by atoms with Crippen LogP contribution >= 0.6 is 0 Å². The zero-order valence-corrected chi connectivity index (χ0v) is 10.6. The average Bonchev–Trinajstić information content (AvgIpc) is 2.74. The first-order valence-electron chi connectivity index (χ1n) is 6.66. The molecule has 0 aromatic rings. The highest BCUT2D eigenvalue weighted by Gasteiger charge is 2.30. The van der Waals surface area contributed by atoms with E-state index in [-0.39, 0.29) is 0 Å². The summed E-state index contributed by atoms with van der Waals surface area (Å²) >= 11 is 0. The minimum atomic E-state index is 0.454. The van der Waals surface area contributed by atoms with Gasteiger partial charge < -0.3 is 14.8 Å². The molecule has 94 valence electrons. The third-order valence-electron chi connectivity index (χ3n) is 4.10. The van der Waals surface area contributed by atoms with Gasteiger partial charge in [-0.05, 0) is 45.6 Å². The normalized spacial score (nSPS) is 34.1. The molecule has 0 bridgehead atoms. The zero-order valence-electron chi connectivity index (χ0n) is 10.6. The lowest BCUT2D eigenvalue weighted by Crippen LogP contribution is -2.37. The molecular weight excluding hydrogens is 202 g/mol. The van der Waals surface area contributed by atoms with E-state index < -0.39 is 0 Å². The van der Waals surface area contributed by atoms with Gasteiger partial charge in [0.2, 0.25) is 0 Å². The molecule has 0 aliphatic carbocycles. The maximum atomic E-state index is 5.67. The molecule has 2 rings (SSSR count). The molecule has 2 saturated heterocycles. The van der Waals surface area contributed by atoms with Crippen molar-refractivity contribution in [3.05, 3.63) is 0 Å². The van der Waals surface area contributed by atoms with E-state index in [0.29, 0.717) is 18.1 Å². The van der Waals surface area contributed by atoms with Crippen LogP contribution in [0.3, 0.4) is 0 Å². The predicted molar refractivity (Wildman–Crippen MR) is 64.5 cm³/mol.